The first kappa shape index (κ1) is 15.9. The van der Waals surface area contributed by atoms with E-state index in [1.807, 2.05) is 6.92 Å². The third-order valence-electron chi connectivity index (χ3n) is 2.65. The average Bonchev–Trinajstić information content (AvgIpc) is 2.33. The Morgan fingerprint density at radius 3 is 2.40 bits per heavy atom. The molecule has 0 aliphatic heterocycles. The summed E-state index contributed by atoms with van der Waals surface area (Å²) in [7, 11) is 0. The van der Waals surface area contributed by atoms with Gasteiger partial charge in [0.2, 0.25) is 0 Å². The molecule has 0 fully saturated rings. The van der Waals surface area contributed by atoms with E-state index in [1.54, 1.807) is 33.2 Å². The van der Waals surface area contributed by atoms with E-state index < -0.39 is 23.5 Å². The maximum absolute atomic E-state index is 11.7. The summed E-state index contributed by atoms with van der Waals surface area (Å²) in [5.41, 5.74) is 0.817. The quantitative estimate of drug-likeness (QED) is 0.765. The lowest BCUT2D eigenvalue weighted by molar-refractivity contribution is -0.141. The van der Waals surface area contributed by atoms with Crippen LogP contribution in [0.15, 0.2) is 12.4 Å². The van der Waals surface area contributed by atoms with Crippen molar-refractivity contribution in [2.75, 3.05) is 0 Å². The van der Waals surface area contributed by atoms with Gasteiger partial charge in [0, 0.05) is 6.20 Å². The largest absolute Gasteiger partial charge is 0.480 e. The molecule has 0 spiro atoms. The Morgan fingerprint density at radius 2 is 1.95 bits per heavy atom. The highest BCUT2D eigenvalue weighted by atomic mass is 16.4. The molecule has 7 heteroatoms. The van der Waals surface area contributed by atoms with Gasteiger partial charge in [0.15, 0.2) is 0 Å². The first-order valence-corrected chi connectivity index (χ1v) is 6.25. The zero-order valence-electron chi connectivity index (χ0n) is 12.1. The summed E-state index contributed by atoms with van der Waals surface area (Å²) in [5, 5.41) is 14.1. The maximum Gasteiger partial charge on any atom is 0.326 e. The Labute approximate surface area is 117 Å². The van der Waals surface area contributed by atoms with Crippen molar-refractivity contribution < 1.29 is 14.7 Å². The van der Waals surface area contributed by atoms with Gasteiger partial charge in [-0.2, -0.15) is 0 Å². The fourth-order valence-corrected chi connectivity index (χ4v) is 1.51. The third-order valence-corrected chi connectivity index (χ3v) is 2.65. The third kappa shape index (κ3) is 4.83. The van der Waals surface area contributed by atoms with E-state index in [2.05, 4.69) is 20.6 Å². The van der Waals surface area contributed by atoms with Crippen LogP contribution in [-0.2, 0) is 11.3 Å². The molecule has 0 radical (unpaired) electrons. The van der Waals surface area contributed by atoms with E-state index in [1.165, 1.54) is 0 Å². The molecule has 2 amide bonds. The minimum atomic E-state index is -1.07. The number of carboxylic acid groups (broad SMARTS) is 1. The number of amides is 2. The molecular formula is C13H20N4O3. The molecular weight excluding hydrogens is 260 g/mol. The number of carbonyl (C=O) groups excluding carboxylic acids is 1. The van der Waals surface area contributed by atoms with Gasteiger partial charge >= 0.3 is 12.0 Å². The number of carboxylic acids is 1. The predicted molar refractivity (Wildman–Crippen MR) is 73.0 cm³/mol. The van der Waals surface area contributed by atoms with E-state index in [0.29, 0.717) is 5.69 Å². The summed E-state index contributed by atoms with van der Waals surface area (Å²) < 4.78 is 0. The van der Waals surface area contributed by atoms with Gasteiger partial charge in [-0.05, 0) is 12.3 Å². The number of aromatic nitrogens is 2. The molecule has 0 saturated heterocycles. The van der Waals surface area contributed by atoms with Crippen LogP contribution in [0.25, 0.3) is 0 Å². The molecule has 0 aromatic carbocycles. The monoisotopic (exact) mass is 280 g/mol. The Morgan fingerprint density at radius 1 is 1.30 bits per heavy atom. The zero-order chi connectivity index (χ0) is 15.3. The highest BCUT2D eigenvalue weighted by Gasteiger charge is 2.32. The van der Waals surface area contributed by atoms with Crippen molar-refractivity contribution in [3.05, 3.63) is 23.8 Å². The minimum absolute atomic E-state index is 0.190. The van der Waals surface area contributed by atoms with Crippen LogP contribution in [0.1, 0.15) is 32.2 Å². The lowest BCUT2D eigenvalue weighted by Gasteiger charge is -2.27. The Balaban J connectivity index is 2.54. The standard InChI is InChI=1S/C13H20N4O3/c1-8-5-15-9(6-14-8)7-16-12(20)17-10(11(18)19)13(2,3)4/h5-6,10H,7H2,1-4H3,(H,18,19)(H2,16,17,20). The van der Waals surface area contributed by atoms with Crippen molar-refractivity contribution in [1.82, 2.24) is 20.6 Å². The van der Waals surface area contributed by atoms with Crippen molar-refractivity contribution in [2.24, 2.45) is 5.41 Å². The van der Waals surface area contributed by atoms with Crippen LogP contribution in [0.5, 0.6) is 0 Å². The molecule has 7 nitrogen and oxygen atoms in total. The van der Waals surface area contributed by atoms with Crippen molar-refractivity contribution in [3.63, 3.8) is 0 Å². The molecule has 0 saturated carbocycles. The SMILES string of the molecule is Cc1cnc(CNC(=O)NC(C(=O)O)C(C)(C)C)cn1. The Kier molecular flexibility index (Phi) is 5.01. The molecule has 1 unspecified atom stereocenters. The fourth-order valence-electron chi connectivity index (χ4n) is 1.51. The summed E-state index contributed by atoms with van der Waals surface area (Å²) in [6, 6.07) is -1.51. The summed E-state index contributed by atoms with van der Waals surface area (Å²) in [6.07, 6.45) is 3.16. The Bertz CT molecular complexity index is 479. The van der Waals surface area contributed by atoms with Crippen molar-refractivity contribution in [1.29, 1.82) is 0 Å². The van der Waals surface area contributed by atoms with Gasteiger partial charge in [0.25, 0.3) is 0 Å². The number of hydrogen-bond donors (Lipinski definition) is 3. The number of urea groups is 1. The van der Waals surface area contributed by atoms with Crippen LogP contribution in [0.2, 0.25) is 0 Å². The highest BCUT2D eigenvalue weighted by molar-refractivity contribution is 5.83. The normalized spacial score (nSPS) is 12.6. The topological polar surface area (TPSA) is 104 Å². The predicted octanol–water partition coefficient (Wildman–Crippen LogP) is 1.08. The maximum atomic E-state index is 11.7. The number of carbonyl (C=O) groups is 2. The fraction of sp³-hybridized carbons (Fsp3) is 0.538. The summed E-state index contributed by atoms with van der Waals surface area (Å²) in [4.78, 5) is 31.0. The number of aliphatic carboxylic acids is 1. The summed E-state index contributed by atoms with van der Waals surface area (Å²) in [6.45, 7) is 7.25. The molecule has 1 aromatic heterocycles. The average molecular weight is 280 g/mol. The van der Waals surface area contributed by atoms with Gasteiger partial charge in [-0.15, -0.1) is 0 Å². The van der Waals surface area contributed by atoms with Crippen molar-refractivity contribution in [3.8, 4) is 0 Å². The molecule has 1 rings (SSSR count). The van der Waals surface area contributed by atoms with Crippen LogP contribution in [-0.4, -0.2) is 33.1 Å². The van der Waals surface area contributed by atoms with Gasteiger partial charge in [-0.1, -0.05) is 20.8 Å². The molecule has 0 bridgehead atoms. The second kappa shape index (κ2) is 6.31. The minimum Gasteiger partial charge on any atom is -0.480 e. The molecule has 3 N–H and O–H groups in total. The van der Waals surface area contributed by atoms with Gasteiger partial charge < -0.3 is 15.7 Å². The summed E-state index contributed by atoms with van der Waals surface area (Å²) >= 11 is 0. The van der Waals surface area contributed by atoms with E-state index in [4.69, 9.17) is 5.11 Å². The molecule has 0 aliphatic carbocycles. The lowest BCUT2D eigenvalue weighted by atomic mass is 9.87. The van der Waals surface area contributed by atoms with Gasteiger partial charge in [0.05, 0.1) is 24.1 Å². The van der Waals surface area contributed by atoms with Crippen LogP contribution in [0.3, 0.4) is 0 Å². The molecule has 20 heavy (non-hydrogen) atoms. The number of nitrogens with one attached hydrogen (secondary N) is 2. The van der Waals surface area contributed by atoms with E-state index >= 15 is 0 Å². The van der Waals surface area contributed by atoms with Gasteiger partial charge in [-0.25, -0.2) is 9.59 Å². The second-order valence-corrected chi connectivity index (χ2v) is 5.61. The molecule has 1 heterocycles. The smallest absolute Gasteiger partial charge is 0.326 e. The number of hydrogen-bond acceptors (Lipinski definition) is 4. The molecule has 1 atom stereocenters. The van der Waals surface area contributed by atoms with E-state index in [0.717, 1.165) is 5.69 Å². The van der Waals surface area contributed by atoms with Gasteiger partial charge in [-0.3, -0.25) is 9.97 Å². The molecule has 1 aromatic rings. The number of nitrogens with zero attached hydrogens (tertiary/aromatic N) is 2. The van der Waals surface area contributed by atoms with Gasteiger partial charge in [0.1, 0.15) is 6.04 Å². The summed E-state index contributed by atoms with van der Waals surface area (Å²) in [5.74, 6) is -1.07. The van der Waals surface area contributed by atoms with E-state index in [-0.39, 0.29) is 6.54 Å². The van der Waals surface area contributed by atoms with Crippen LogP contribution >= 0.6 is 0 Å². The highest BCUT2D eigenvalue weighted by Crippen LogP contribution is 2.19. The van der Waals surface area contributed by atoms with Crippen molar-refractivity contribution in [2.45, 2.75) is 40.3 Å². The van der Waals surface area contributed by atoms with Crippen LogP contribution in [0, 0.1) is 12.3 Å². The number of aryl methyl sites for hydroxylation is 1. The second-order valence-electron chi connectivity index (χ2n) is 5.61. The van der Waals surface area contributed by atoms with Crippen LogP contribution < -0.4 is 10.6 Å². The Hall–Kier alpha value is -2.18. The van der Waals surface area contributed by atoms with E-state index in [9.17, 15) is 9.59 Å². The molecule has 0 aliphatic rings. The lowest BCUT2D eigenvalue weighted by Crippen LogP contribution is -2.52. The van der Waals surface area contributed by atoms with Crippen molar-refractivity contribution >= 4 is 12.0 Å². The first-order valence-electron chi connectivity index (χ1n) is 6.25. The zero-order valence-corrected chi connectivity index (χ0v) is 12.1. The number of rotatable bonds is 4. The van der Waals surface area contributed by atoms with Crippen LogP contribution in [0.4, 0.5) is 4.79 Å². The molecule has 110 valence electrons. The first-order chi connectivity index (χ1) is 9.20.